The summed E-state index contributed by atoms with van der Waals surface area (Å²) < 4.78 is 39.3. The zero-order valence-corrected chi connectivity index (χ0v) is 11.2. The fourth-order valence-corrected chi connectivity index (χ4v) is 2.08. The first-order chi connectivity index (χ1) is 8.84. The molecule has 0 amide bonds. The number of nitrogens with zero attached hydrogens (tertiary/aromatic N) is 2. The van der Waals surface area contributed by atoms with Gasteiger partial charge in [0.15, 0.2) is 0 Å². The van der Waals surface area contributed by atoms with Gasteiger partial charge in [-0.2, -0.15) is 13.2 Å². The van der Waals surface area contributed by atoms with Crippen LogP contribution in [0.4, 0.5) is 13.2 Å². The van der Waals surface area contributed by atoms with E-state index in [9.17, 15) is 13.2 Å². The van der Waals surface area contributed by atoms with Gasteiger partial charge in [-0.25, -0.2) is 4.98 Å². The number of hydrogen-bond acceptors (Lipinski definition) is 1. The summed E-state index contributed by atoms with van der Waals surface area (Å²) >= 11 is 5.77. The molecule has 0 aliphatic heterocycles. The second-order valence-corrected chi connectivity index (χ2v) is 4.50. The highest BCUT2D eigenvalue weighted by Gasteiger charge is 2.30. The summed E-state index contributed by atoms with van der Waals surface area (Å²) in [5.74, 6) is 0.891. The summed E-state index contributed by atoms with van der Waals surface area (Å²) in [4.78, 5) is 4.34. The topological polar surface area (TPSA) is 17.8 Å². The number of benzene rings is 1. The van der Waals surface area contributed by atoms with Gasteiger partial charge in [0, 0.05) is 18.3 Å². The van der Waals surface area contributed by atoms with Crippen LogP contribution in [0.3, 0.4) is 0 Å². The predicted octanol–water partition coefficient (Wildman–Crippen LogP) is 4.15. The minimum absolute atomic E-state index is 0.278. The van der Waals surface area contributed by atoms with Crippen LogP contribution < -0.4 is 0 Å². The fourth-order valence-electron chi connectivity index (χ4n) is 1.83. The first-order valence-electron chi connectivity index (χ1n) is 5.60. The molecular formula is C13H12ClF3N2. The zero-order valence-electron chi connectivity index (χ0n) is 10.4. The van der Waals surface area contributed by atoms with Crippen LogP contribution in [0, 0.1) is 6.92 Å². The number of hydrogen-bond donors (Lipinski definition) is 0. The van der Waals surface area contributed by atoms with E-state index in [0.29, 0.717) is 11.4 Å². The molecule has 1 aromatic heterocycles. The lowest BCUT2D eigenvalue weighted by atomic mass is 10.1. The average molecular weight is 289 g/mol. The third-order valence-corrected chi connectivity index (χ3v) is 3.33. The van der Waals surface area contributed by atoms with Gasteiger partial charge in [-0.3, -0.25) is 0 Å². The molecule has 1 aromatic carbocycles. The Balaban J connectivity index is 2.43. The quantitative estimate of drug-likeness (QED) is 0.759. The smallest absolute Gasteiger partial charge is 0.331 e. The van der Waals surface area contributed by atoms with Gasteiger partial charge in [0.1, 0.15) is 5.82 Å². The number of imidazole rings is 1. The molecule has 0 spiro atoms. The zero-order chi connectivity index (χ0) is 14.2. The molecule has 102 valence electrons. The van der Waals surface area contributed by atoms with Crippen molar-refractivity contribution < 1.29 is 13.2 Å². The molecule has 0 N–H and O–H groups in total. The van der Waals surface area contributed by atoms with Gasteiger partial charge in [0.2, 0.25) is 0 Å². The van der Waals surface area contributed by atoms with Crippen LogP contribution in [-0.4, -0.2) is 9.55 Å². The maximum Gasteiger partial charge on any atom is 0.416 e. The average Bonchev–Trinajstić information content (AvgIpc) is 2.65. The number of halogens is 4. The van der Waals surface area contributed by atoms with Gasteiger partial charge in [0.05, 0.1) is 17.1 Å². The second-order valence-electron chi connectivity index (χ2n) is 4.24. The summed E-state index contributed by atoms with van der Waals surface area (Å²) in [5.41, 5.74) is 1.61. The van der Waals surface area contributed by atoms with E-state index in [-0.39, 0.29) is 5.88 Å². The van der Waals surface area contributed by atoms with Gasteiger partial charge < -0.3 is 4.57 Å². The van der Waals surface area contributed by atoms with E-state index in [2.05, 4.69) is 4.98 Å². The van der Waals surface area contributed by atoms with E-state index in [0.717, 1.165) is 23.5 Å². The second kappa shape index (κ2) is 4.89. The van der Waals surface area contributed by atoms with Gasteiger partial charge in [0.25, 0.3) is 0 Å². The molecule has 1 heterocycles. The third kappa shape index (κ3) is 2.61. The van der Waals surface area contributed by atoms with E-state index >= 15 is 0 Å². The van der Waals surface area contributed by atoms with Gasteiger partial charge in [-0.05, 0) is 19.1 Å². The highest BCUT2D eigenvalue weighted by Crippen LogP contribution is 2.31. The van der Waals surface area contributed by atoms with Gasteiger partial charge >= 0.3 is 6.18 Å². The predicted molar refractivity (Wildman–Crippen MR) is 67.9 cm³/mol. The third-order valence-electron chi connectivity index (χ3n) is 3.08. The Morgan fingerprint density at radius 2 is 1.79 bits per heavy atom. The molecule has 2 aromatic rings. The molecular weight excluding hydrogens is 277 g/mol. The first kappa shape index (κ1) is 13.9. The van der Waals surface area contributed by atoms with Crippen LogP contribution in [0.1, 0.15) is 17.0 Å². The molecule has 0 bridgehead atoms. The molecule has 2 rings (SSSR count). The monoisotopic (exact) mass is 288 g/mol. The highest BCUT2D eigenvalue weighted by atomic mass is 35.5. The Labute approximate surface area is 113 Å². The van der Waals surface area contributed by atoms with Gasteiger partial charge in [-0.15, -0.1) is 11.6 Å². The lowest BCUT2D eigenvalue weighted by Gasteiger charge is -2.08. The summed E-state index contributed by atoms with van der Waals surface area (Å²) in [7, 11) is 1.81. The minimum atomic E-state index is -4.32. The molecule has 0 aliphatic carbocycles. The maximum atomic E-state index is 12.5. The van der Waals surface area contributed by atoms with Crippen LogP contribution in [0.5, 0.6) is 0 Å². The number of rotatable bonds is 2. The van der Waals surface area contributed by atoms with Crippen molar-refractivity contribution in [2.75, 3.05) is 0 Å². The Kier molecular flexibility index (Phi) is 3.58. The normalized spacial score (nSPS) is 11.9. The van der Waals surface area contributed by atoms with Crippen molar-refractivity contribution in [1.82, 2.24) is 9.55 Å². The van der Waals surface area contributed by atoms with Gasteiger partial charge in [-0.1, -0.05) is 12.1 Å². The lowest BCUT2D eigenvalue weighted by molar-refractivity contribution is -0.137. The van der Waals surface area contributed by atoms with Crippen molar-refractivity contribution in [3.8, 4) is 11.4 Å². The molecule has 2 nitrogen and oxygen atoms in total. The molecule has 0 radical (unpaired) electrons. The summed E-state index contributed by atoms with van der Waals surface area (Å²) in [6.45, 7) is 1.87. The molecule has 0 atom stereocenters. The van der Waals surface area contributed by atoms with Crippen molar-refractivity contribution in [3.63, 3.8) is 0 Å². The Bertz CT molecular complexity index is 585. The fraction of sp³-hybridized carbons (Fsp3) is 0.308. The van der Waals surface area contributed by atoms with Crippen LogP contribution in [0.25, 0.3) is 11.4 Å². The van der Waals surface area contributed by atoms with E-state index < -0.39 is 11.7 Å². The molecule has 0 fully saturated rings. The van der Waals surface area contributed by atoms with Crippen molar-refractivity contribution in [1.29, 1.82) is 0 Å². The molecule has 0 saturated carbocycles. The summed E-state index contributed by atoms with van der Waals surface area (Å²) in [6, 6.07) is 4.95. The van der Waals surface area contributed by atoms with Crippen LogP contribution >= 0.6 is 11.6 Å². The maximum absolute atomic E-state index is 12.5. The minimum Gasteiger partial charge on any atom is -0.331 e. The SMILES string of the molecule is Cc1c(CCl)nc(-c2ccc(C(F)(F)F)cc2)n1C. The molecule has 19 heavy (non-hydrogen) atoms. The van der Waals surface area contributed by atoms with Crippen LogP contribution in [-0.2, 0) is 19.1 Å². The molecule has 6 heteroatoms. The van der Waals surface area contributed by atoms with Crippen LogP contribution in [0.15, 0.2) is 24.3 Å². The van der Waals surface area contributed by atoms with E-state index in [4.69, 9.17) is 11.6 Å². The number of alkyl halides is 4. The Hall–Kier alpha value is -1.49. The van der Waals surface area contributed by atoms with Crippen molar-refractivity contribution in [2.24, 2.45) is 7.05 Å². The van der Waals surface area contributed by atoms with E-state index in [1.165, 1.54) is 12.1 Å². The standard InChI is InChI=1S/C13H12ClF3N2/c1-8-11(7-14)18-12(19(8)2)9-3-5-10(6-4-9)13(15,16)17/h3-6H,7H2,1-2H3. The summed E-state index contributed by atoms with van der Waals surface area (Å²) in [6.07, 6.45) is -4.32. The largest absolute Gasteiger partial charge is 0.416 e. The van der Waals surface area contributed by atoms with Crippen molar-refractivity contribution in [3.05, 3.63) is 41.2 Å². The van der Waals surface area contributed by atoms with Crippen LogP contribution in [0.2, 0.25) is 0 Å². The Morgan fingerprint density at radius 3 is 2.21 bits per heavy atom. The molecule has 0 unspecified atom stereocenters. The highest BCUT2D eigenvalue weighted by molar-refractivity contribution is 6.17. The van der Waals surface area contributed by atoms with E-state index in [1.54, 1.807) is 0 Å². The summed E-state index contributed by atoms with van der Waals surface area (Å²) in [5, 5.41) is 0. The first-order valence-corrected chi connectivity index (χ1v) is 6.14. The molecule has 0 saturated heterocycles. The number of aromatic nitrogens is 2. The van der Waals surface area contributed by atoms with Crippen molar-refractivity contribution in [2.45, 2.75) is 19.0 Å². The molecule has 0 aliphatic rings. The van der Waals surface area contributed by atoms with E-state index in [1.807, 2.05) is 18.5 Å². The Morgan fingerprint density at radius 1 is 1.21 bits per heavy atom. The lowest BCUT2D eigenvalue weighted by Crippen LogP contribution is -2.04. The van der Waals surface area contributed by atoms with Crippen molar-refractivity contribution >= 4 is 11.6 Å².